The van der Waals surface area contributed by atoms with Crippen molar-refractivity contribution in [2.75, 3.05) is 11.8 Å². The second kappa shape index (κ2) is 7.28. The number of nitrogens with one attached hydrogen (secondary N) is 1. The molecule has 0 spiro atoms. The van der Waals surface area contributed by atoms with Gasteiger partial charge >= 0.3 is 0 Å². The highest BCUT2D eigenvalue weighted by molar-refractivity contribution is 7.96. The van der Waals surface area contributed by atoms with Gasteiger partial charge in [-0.25, -0.2) is 0 Å². The Bertz CT molecular complexity index is 544. The van der Waals surface area contributed by atoms with Crippen molar-refractivity contribution in [3.05, 3.63) is 41.3 Å². The Balaban J connectivity index is 0.00000180. The van der Waals surface area contributed by atoms with Crippen LogP contribution < -0.4 is 4.72 Å². The first kappa shape index (κ1) is 15.7. The van der Waals surface area contributed by atoms with Crippen LogP contribution in [0.15, 0.2) is 35.7 Å². The molecule has 1 heterocycles. The van der Waals surface area contributed by atoms with Gasteiger partial charge in [-0.1, -0.05) is 12.1 Å². The van der Waals surface area contributed by atoms with E-state index in [9.17, 15) is 4.79 Å². The van der Waals surface area contributed by atoms with Gasteiger partial charge in [0.2, 0.25) is 0 Å². The van der Waals surface area contributed by atoms with E-state index >= 15 is 0 Å². The van der Waals surface area contributed by atoms with E-state index in [4.69, 9.17) is 4.18 Å². The normalized spacial score (nSPS) is 9.79. The van der Waals surface area contributed by atoms with Crippen molar-refractivity contribution in [2.45, 2.75) is 6.92 Å². The zero-order valence-corrected chi connectivity index (χ0v) is 12.1. The van der Waals surface area contributed by atoms with Crippen LogP contribution in [0.5, 0.6) is 0 Å². The molecule has 0 aliphatic rings. The zero-order chi connectivity index (χ0) is 13.0. The first-order valence-electron chi connectivity index (χ1n) is 5.37. The molecule has 102 valence electrons. The molecule has 0 saturated heterocycles. The third-order valence-electron chi connectivity index (χ3n) is 2.44. The van der Waals surface area contributed by atoms with Crippen molar-refractivity contribution < 1.29 is 13.7 Å². The average molecular weight is 299 g/mol. The lowest BCUT2D eigenvalue weighted by Gasteiger charge is -2.09. The SMILES string of the molecule is COSNc1ccc(-c2cccs2)cc1C(C)=O.F. The maximum absolute atomic E-state index is 11.7. The third kappa shape index (κ3) is 3.79. The Morgan fingerprint density at radius 2 is 2.16 bits per heavy atom. The second-order valence-corrected chi connectivity index (χ2v) is 5.30. The highest BCUT2D eigenvalue weighted by atomic mass is 32.2. The molecule has 0 amide bonds. The largest absolute Gasteiger partial charge is 0.306 e. The molecule has 0 aliphatic heterocycles. The number of anilines is 1. The van der Waals surface area contributed by atoms with E-state index in [1.54, 1.807) is 25.4 Å². The van der Waals surface area contributed by atoms with Crippen LogP contribution >= 0.6 is 23.6 Å². The fraction of sp³-hybridized carbons (Fsp3) is 0.154. The first-order valence-corrected chi connectivity index (χ1v) is 6.99. The Kier molecular flexibility index (Phi) is 6.01. The number of ketones is 1. The van der Waals surface area contributed by atoms with E-state index in [2.05, 4.69) is 4.72 Å². The van der Waals surface area contributed by atoms with Gasteiger partial charge in [-0.05, 0) is 36.1 Å². The van der Waals surface area contributed by atoms with Gasteiger partial charge in [-0.15, -0.1) is 11.3 Å². The van der Waals surface area contributed by atoms with E-state index in [1.807, 2.05) is 35.7 Å². The minimum absolute atomic E-state index is 0. The molecule has 19 heavy (non-hydrogen) atoms. The van der Waals surface area contributed by atoms with Crippen LogP contribution in [0.4, 0.5) is 10.4 Å². The van der Waals surface area contributed by atoms with Crippen LogP contribution in [0.3, 0.4) is 0 Å². The van der Waals surface area contributed by atoms with Crippen LogP contribution in [-0.4, -0.2) is 12.9 Å². The number of Topliss-reactive ketones (excluding diaryl/α,β-unsaturated/α-hetero) is 1. The van der Waals surface area contributed by atoms with E-state index in [1.165, 1.54) is 0 Å². The topological polar surface area (TPSA) is 38.3 Å². The summed E-state index contributed by atoms with van der Waals surface area (Å²) in [7, 11) is 1.57. The predicted molar refractivity (Wildman–Crippen MR) is 80.5 cm³/mol. The molecule has 0 atom stereocenters. The van der Waals surface area contributed by atoms with Crippen molar-refractivity contribution in [3.63, 3.8) is 0 Å². The zero-order valence-electron chi connectivity index (χ0n) is 10.5. The summed E-state index contributed by atoms with van der Waals surface area (Å²) in [6.45, 7) is 1.57. The number of carbonyl (C=O) groups is 1. The molecule has 0 unspecified atom stereocenters. The molecule has 2 rings (SSSR count). The Hall–Kier alpha value is -1.37. The van der Waals surface area contributed by atoms with Gasteiger partial charge in [-0.3, -0.25) is 9.50 Å². The molecule has 1 aromatic carbocycles. The number of thiophene rings is 1. The van der Waals surface area contributed by atoms with Gasteiger partial charge in [-0.2, -0.15) is 0 Å². The van der Waals surface area contributed by atoms with Crippen LogP contribution in [0, 0.1) is 0 Å². The monoisotopic (exact) mass is 299 g/mol. The van der Waals surface area contributed by atoms with Gasteiger partial charge < -0.3 is 8.91 Å². The van der Waals surface area contributed by atoms with Crippen molar-refractivity contribution in [1.82, 2.24) is 0 Å². The fourth-order valence-corrected chi connectivity index (χ4v) is 2.68. The molecule has 0 bridgehead atoms. The summed E-state index contributed by atoms with van der Waals surface area (Å²) in [6, 6.07) is 9.85. The molecule has 3 nitrogen and oxygen atoms in total. The highest BCUT2D eigenvalue weighted by Crippen LogP contribution is 2.29. The predicted octanol–water partition coefficient (Wildman–Crippen LogP) is 4.39. The Morgan fingerprint density at radius 3 is 2.74 bits per heavy atom. The summed E-state index contributed by atoms with van der Waals surface area (Å²) < 4.78 is 7.87. The number of hydrogen-bond donors (Lipinski definition) is 1. The van der Waals surface area contributed by atoms with Gasteiger partial charge in [0.1, 0.15) is 12.2 Å². The maximum atomic E-state index is 11.7. The lowest BCUT2D eigenvalue weighted by Crippen LogP contribution is -1.99. The van der Waals surface area contributed by atoms with Gasteiger partial charge in [0.25, 0.3) is 0 Å². The third-order valence-corrected chi connectivity index (χ3v) is 3.83. The van der Waals surface area contributed by atoms with E-state index in [0.717, 1.165) is 28.4 Å². The molecule has 2 aromatic rings. The number of benzene rings is 1. The van der Waals surface area contributed by atoms with Crippen LogP contribution in [0.25, 0.3) is 10.4 Å². The summed E-state index contributed by atoms with van der Waals surface area (Å²) in [4.78, 5) is 12.8. The summed E-state index contributed by atoms with van der Waals surface area (Å²) in [6.07, 6.45) is 0. The van der Waals surface area contributed by atoms with E-state index in [-0.39, 0.29) is 10.5 Å². The molecular weight excluding hydrogens is 285 g/mol. The van der Waals surface area contributed by atoms with Crippen molar-refractivity contribution in [3.8, 4) is 10.4 Å². The fourth-order valence-electron chi connectivity index (χ4n) is 1.61. The van der Waals surface area contributed by atoms with Gasteiger partial charge in [0.05, 0.1) is 12.8 Å². The van der Waals surface area contributed by atoms with Crippen molar-refractivity contribution in [2.24, 2.45) is 0 Å². The Morgan fingerprint density at radius 1 is 1.37 bits per heavy atom. The molecular formula is C13H14FNO2S2. The second-order valence-electron chi connectivity index (χ2n) is 3.65. The maximum Gasteiger partial charge on any atom is 0.161 e. The van der Waals surface area contributed by atoms with Crippen molar-refractivity contribution in [1.29, 1.82) is 0 Å². The van der Waals surface area contributed by atoms with E-state index < -0.39 is 0 Å². The summed E-state index contributed by atoms with van der Waals surface area (Å²) in [5, 5.41) is 2.02. The summed E-state index contributed by atoms with van der Waals surface area (Å²) in [5.41, 5.74) is 2.50. The molecule has 1 aromatic heterocycles. The number of rotatable bonds is 5. The number of carbonyl (C=O) groups excluding carboxylic acids is 1. The summed E-state index contributed by atoms with van der Waals surface area (Å²) in [5.74, 6) is 0.0348. The quantitative estimate of drug-likeness (QED) is 0.505. The summed E-state index contributed by atoms with van der Waals surface area (Å²) >= 11 is 2.76. The lowest BCUT2D eigenvalue weighted by atomic mass is 10.0. The van der Waals surface area contributed by atoms with Gasteiger partial charge in [0.15, 0.2) is 5.78 Å². The van der Waals surface area contributed by atoms with Gasteiger partial charge in [0, 0.05) is 10.4 Å². The number of halogens is 1. The number of hydrogen-bond acceptors (Lipinski definition) is 5. The molecule has 0 radical (unpaired) electrons. The standard InChI is InChI=1S/C13H13NO2S2.FH/c1-9(15)11-8-10(13-4-3-7-17-13)5-6-12(11)14-18-16-2;/h3-8,14H,1-2H3;1H. The van der Waals surface area contributed by atoms with Crippen LogP contribution in [0.2, 0.25) is 0 Å². The smallest absolute Gasteiger partial charge is 0.161 e. The first-order chi connectivity index (χ1) is 8.72. The Labute approximate surface area is 119 Å². The molecule has 0 saturated carbocycles. The minimum atomic E-state index is 0. The highest BCUT2D eigenvalue weighted by Gasteiger charge is 2.10. The van der Waals surface area contributed by atoms with Crippen LogP contribution in [-0.2, 0) is 4.18 Å². The average Bonchev–Trinajstić information content (AvgIpc) is 2.90. The molecule has 1 N–H and O–H groups in total. The molecule has 0 aliphatic carbocycles. The lowest BCUT2D eigenvalue weighted by molar-refractivity contribution is 0.101. The van der Waals surface area contributed by atoms with E-state index in [0.29, 0.717) is 5.56 Å². The van der Waals surface area contributed by atoms with Crippen LogP contribution in [0.1, 0.15) is 17.3 Å². The molecule has 0 fully saturated rings. The minimum Gasteiger partial charge on any atom is -0.306 e. The molecule has 6 heteroatoms. The van der Waals surface area contributed by atoms with Crippen molar-refractivity contribution >= 4 is 35.0 Å².